The van der Waals surface area contributed by atoms with Crippen molar-refractivity contribution >= 4 is 33.1 Å². The van der Waals surface area contributed by atoms with Crippen LogP contribution in [0.5, 0.6) is 0 Å². The zero-order valence-electron chi connectivity index (χ0n) is 15.3. The Morgan fingerprint density at radius 2 is 1.88 bits per heavy atom. The molecule has 26 heavy (non-hydrogen) atoms. The van der Waals surface area contributed by atoms with E-state index < -0.39 is 9.84 Å². The van der Waals surface area contributed by atoms with Crippen LogP contribution in [-0.4, -0.2) is 61.6 Å². The minimum Gasteiger partial charge on any atom is -0.337 e. The van der Waals surface area contributed by atoms with E-state index in [1.807, 2.05) is 0 Å². The fourth-order valence-corrected chi connectivity index (χ4v) is 4.89. The van der Waals surface area contributed by atoms with Crippen molar-refractivity contribution in [2.45, 2.75) is 33.2 Å². The average Bonchev–Trinajstić information content (AvgIpc) is 2.92. The number of Topliss-reactive ketones (excluding diaryl/α,β-unsaturated/α-hetero) is 1. The molecule has 2 amide bonds. The Bertz CT molecular complexity index is 819. The smallest absolute Gasteiger partial charge is 0.242 e. The Hall–Kier alpha value is -2.22. The maximum atomic E-state index is 12.7. The van der Waals surface area contributed by atoms with Crippen molar-refractivity contribution in [2.75, 3.05) is 29.5 Å². The van der Waals surface area contributed by atoms with Crippen LogP contribution in [0.2, 0.25) is 0 Å². The second kappa shape index (κ2) is 7.99. The molecule has 0 radical (unpaired) electrons. The highest BCUT2D eigenvalue weighted by atomic mass is 32.2. The van der Waals surface area contributed by atoms with E-state index in [0.717, 1.165) is 0 Å². The summed E-state index contributed by atoms with van der Waals surface area (Å²) in [6, 6.07) is 6.20. The topological polar surface area (TPSA) is 91.8 Å². The Balaban J connectivity index is 2.21. The van der Waals surface area contributed by atoms with E-state index >= 15 is 0 Å². The number of amides is 2. The maximum Gasteiger partial charge on any atom is 0.242 e. The molecule has 1 aromatic carbocycles. The summed E-state index contributed by atoms with van der Waals surface area (Å²) in [6.07, 6.45) is 0.418. The lowest BCUT2D eigenvalue weighted by molar-refractivity contribution is -0.132. The summed E-state index contributed by atoms with van der Waals surface area (Å²) in [5.74, 6) is -0.717. The lowest BCUT2D eigenvalue weighted by Gasteiger charge is -2.30. The Morgan fingerprint density at radius 3 is 2.38 bits per heavy atom. The number of nitrogens with zero attached hydrogens (tertiary/aromatic N) is 2. The number of sulfone groups is 1. The van der Waals surface area contributed by atoms with E-state index in [1.165, 1.54) is 23.6 Å². The summed E-state index contributed by atoms with van der Waals surface area (Å²) in [5, 5.41) is 0. The molecule has 142 valence electrons. The first-order valence-electron chi connectivity index (χ1n) is 8.53. The van der Waals surface area contributed by atoms with Crippen molar-refractivity contribution in [2.24, 2.45) is 0 Å². The first-order chi connectivity index (χ1) is 12.1. The van der Waals surface area contributed by atoms with Gasteiger partial charge in [0.2, 0.25) is 11.8 Å². The van der Waals surface area contributed by atoms with Gasteiger partial charge in [0.05, 0.1) is 11.5 Å². The highest BCUT2D eigenvalue weighted by molar-refractivity contribution is 7.91. The molecule has 1 atom stereocenters. The van der Waals surface area contributed by atoms with Gasteiger partial charge in [-0.15, -0.1) is 0 Å². The van der Waals surface area contributed by atoms with E-state index in [-0.39, 0.29) is 41.7 Å². The number of rotatable bonds is 6. The molecular formula is C18H24N2O5S. The molecular weight excluding hydrogens is 356 g/mol. The van der Waals surface area contributed by atoms with Gasteiger partial charge in [0.25, 0.3) is 0 Å². The quantitative estimate of drug-likeness (QED) is 0.693. The van der Waals surface area contributed by atoms with E-state index in [9.17, 15) is 22.8 Å². The molecule has 2 rings (SSSR count). The SMILES string of the molecule is CCN(C(=O)CN(C(C)=O)c1cccc(C(C)=O)c1)C1CCS(=O)(=O)C1. The molecule has 1 saturated heterocycles. The van der Waals surface area contributed by atoms with Crippen LogP contribution in [-0.2, 0) is 19.4 Å². The van der Waals surface area contributed by atoms with Gasteiger partial charge in [0, 0.05) is 30.8 Å². The number of hydrogen-bond donors (Lipinski definition) is 0. The Morgan fingerprint density at radius 1 is 1.19 bits per heavy atom. The first-order valence-corrected chi connectivity index (χ1v) is 10.4. The minimum atomic E-state index is -3.11. The van der Waals surface area contributed by atoms with Crippen LogP contribution in [0.4, 0.5) is 5.69 Å². The van der Waals surface area contributed by atoms with Crippen LogP contribution in [0.3, 0.4) is 0 Å². The highest BCUT2D eigenvalue weighted by Gasteiger charge is 2.34. The second-order valence-electron chi connectivity index (χ2n) is 6.45. The van der Waals surface area contributed by atoms with Gasteiger partial charge in [-0.2, -0.15) is 0 Å². The summed E-state index contributed by atoms with van der Waals surface area (Å²) in [5.41, 5.74) is 0.920. The minimum absolute atomic E-state index is 0.0352. The van der Waals surface area contributed by atoms with Crippen molar-refractivity contribution in [3.63, 3.8) is 0 Å². The van der Waals surface area contributed by atoms with Gasteiger partial charge in [-0.05, 0) is 32.4 Å². The lowest BCUT2D eigenvalue weighted by Crippen LogP contribution is -2.47. The monoisotopic (exact) mass is 380 g/mol. The number of carbonyl (C=O) groups is 3. The van der Waals surface area contributed by atoms with Gasteiger partial charge in [-0.1, -0.05) is 12.1 Å². The fourth-order valence-electron chi connectivity index (χ4n) is 3.16. The Labute approximate surface area is 153 Å². The van der Waals surface area contributed by atoms with Crippen molar-refractivity contribution in [3.8, 4) is 0 Å². The lowest BCUT2D eigenvalue weighted by atomic mass is 10.1. The van der Waals surface area contributed by atoms with Crippen LogP contribution in [0.15, 0.2) is 24.3 Å². The van der Waals surface area contributed by atoms with Gasteiger partial charge in [0.1, 0.15) is 6.54 Å². The summed E-state index contributed by atoms with van der Waals surface area (Å²) in [6.45, 7) is 4.75. The van der Waals surface area contributed by atoms with E-state index in [2.05, 4.69) is 0 Å². The van der Waals surface area contributed by atoms with E-state index in [0.29, 0.717) is 24.2 Å². The van der Waals surface area contributed by atoms with Crippen LogP contribution >= 0.6 is 0 Å². The van der Waals surface area contributed by atoms with Crippen molar-refractivity contribution in [3.05, 3.63) is 29.8 Å². The summed E-state index contributed by atoms with van der Waals surface area (Å²) in [4.78, 5) is 39.2. The molecule has 0 aliphatic carbocycles. The Kier molecular flexibility index (Phi) is 6.17. The molecule has 0 aromatic heterocycles. The molecule has 0 spiro atoms. The third-order valence-electron chi connectivity index (χ3n) is 4.55. The number of anilines is 1. The predicted molar refractivity (Wildman–Crippen MR) is 98.9 cm³/mol. The van der Waals surface area contributed by atoms with Crippen LogP contribution in [0.25, 0.3) is 0 Å². The number of likely N-dealkylation sites (N-methyl/N-ethyl adjacent to an activating group) is 1. The van der Waals surface area contributed by atoms with Crippen LogP contribution in [0, 0.1) is 0 Å². The maximum absolute atomic E-state index is 12.7. The van der Waals surface area contributed by atoms with Gasteiger partial charge >= 0.3 is 0 Å². The van der Waals surface area contributed by atoms with Crippen molar-refractivity contribution < 1.29 is 22.8 Å². The molecule has 1 aromatic rings. The predicted octanol–water partition coefficient (Wildman–Crippen LogP) is 1.28. The first kappa shape index (κ1) is 20.1. The summed E-state index contributed by atoms with van der Waals surface area (Å²) >= 11 is 0. The van der Waals surface area contributed by atoms with Crippen molar-refractivity contribution in [1.82, 2.24) is 4.90 Å². The third-order valence-corrected chi connectivity index (χ3v) is 6.30. The zero-order chi connectivity index (χ0) is 19.5. The number of hydrogen-bond acceptors (Lipinski definition) is 5. The zero-order valence-corrected chi connectivity index (χ0v) is 16.1. The molecule has 1 aliphatic heterocycles. The molecule has 8 heteroatoms. The molecule has 1 aliphatic rings. The molecule has 1 unspecified atom stereocenters. The fraction of sp³-hybridized carbons (Fsp3) is 0.500. The normalized spacial score (nSPS) is 18.3. The van der Waals surface area contributed by atoms with Gasteiger partial charge in [-0.25, -0.2) is 8.42 Å². The van der Waals surface area contributed by atoms with Crippen molar-refractivity contribution in [1.29, 1.82) is 0 Å². The average molecular weight is 380 g/mol. The molecule has 0 bridgehead atoms. The largest absolute Gasteiger partial charge is 0.337 e. The van der Waals surface area contributed by atoms with E-state index in [4.69, 9.17) is 0 Å². The molecule has 1 heterocycles. The van der Waals surface area contributed by atoms with Crippen LogP contribution < -0.4 is 4.90 Å². The highest BCUT2D eigenvalue weighted by Crippen LogP contribution is 2.20. The van der Waals surface area contributed by atoms with Crippen LogP contribution in [0.1, 0.15) is 37.6 Å². The molecule has 0 N–H and O–H groups in total. The molecule has 7 nitrogen and oxygen atoms in total. The third kappa shape index (κ3) is 4.69. The summed E-state index contributed by atoms with van der Waals surface area (Å²) < 4.78 is 23.4. The number of benzene rings is 1. The second-order valence-corrected chi connectivity index (χ2v) is 8.68. The van der Waals surface area contributed by atoms with Gasteiger partial charge in [0.15, 0.2) is 15.6 Å². The van der Waals surface area contributed by atoms with Gasteiger partial charge in [-0.3, -0.25) is 14.4 Å². The summed E-state index contributed by atoms with van der Waals surface area (Å²) in [7, 11) is -3.11. The van der Waals surface area contributed by atoms with E-state index in [1.54, 1.807) is 31.2 Å². The number of carbonyl (C=O) groups excluding carboxylic acids is 3. The molecule has 1 fully saturated rings. The molecule has 0 saturated carbocycles. The van der Waals surface area contributed by atoms with Gasteiger partial charge < -0.3 is 9.80 Å². The standard InChI is InChI=1S/C18H24N2O5S/c1-4-19(17-8-9-26(24,25)12-17)18(23)11-20(14(3)22)16-7-5-6-15(10-16)13(2)21/h5-7,10,17H,4,8-9,11-12H2,1-3H3. The number of ketones is 1.